The summed E-state index contributed by atoms with van der Waals surface area (Å²) in [5, 5.41) is 15.4. The second-order valence-electron chi connectivity index (χ2n) is 2.60. The van der Waals surface area contributed by atoms with Gasteiger partial charge in [-0.25, -0.2) is 4.52 Å². The van der Waals surface area contributed by atoms with E-state index >= 15 is 0 Å². The second-order valence-corrected chi connectivity index (χ2v) is 2.60. The zero-order valence-corrected chi connectivity index (χ0v) is 6.75. The fraction of sp³-hybridized carbons (Fsp3) is 0. The molecule has 0 radical (unpaired) electrons. The highest BCUT2D eigenvalue weighted by atomic mass is 16.4. The monoisotopic (exact) mass is 176 g/mol. The first kappa shape index (κ1) is 7.60. The summed E-state index contributed by atoms with van der Waals surface area (Å²) in [6.07, 6.45) is 3.44. The number of amidine groups is 1. The zero-order valence-electron chi connectivity index (χ0n) is 6.75. The van der Waals surface area contributed by atoms with Gasteiger partial charge in [0.15, 0.2) is 5.84 Å². The zero-order chi connectivity index (χ0) is 9.26. The van der Waals surface area contributed by atoms with Crippen LogP contribution in [0.3, 0.4) is 0 Å². The lowest BCUT2D eigenvalue weighted by Gasteiger charge is -1.98. The van der Waals surface area contributed by atoms with Crippen LogP contribution in [-0.2, 0) is 0 Å². The number of hydrogen-bond acceptors (Lipinski definition) is 3. The van der Waals surface area contributed by atoms with Crippen molar-refractivity contribution < 1.29 is 5.21 Å². The van der Waals surface area contributed by atoms with Gasteiger partial charge < -0.3 is 10.9 Å². The maximum absolute atomic E-state index is 8.45. The highest BCUT2D eigenvalue weighted by molar-refractivity contribution is 5.97. The quantitative estimate of drug-likeness (QED) is 0.286. The molecule has 13 heavy (non-hydrogen) atoms. The molecule has 0 fully saturated rings. The minimum absolute atomic E-state index is 0.101. The molecular weight excluding hydrogens is 168 g/mol. The van der Waals surface area contributed by atoms with Crippen molar-refractivity contribution in [3.8, 4) is 0 Å². The number of pyridine rings is 1. The van der Waals surface area contributed by atoms with E-state index in [-0.39, 0.29) is 5.84 Å². The Morgan fingerprint density at radius 3 is 3.15 bits per heavy atom. The van der Waals surface area contributed by atoms with Crippen molar-refractivity contribution in [1.82, 2.24) is 9.61 Å². The largest absolute Gasteiger partial charge is 0.409 e. The lowest BCUT2D eigenvalue weighted by molar-refractivity contribution is 0.318. The summed E-state index contributed by atoms with van der Waals surface area (Å²) in [5.74, 6) is 0.101. The molecule has 0 aromatic carbocycles. The molecule has 0 atom stereocenters. The third-order valence-corrected chi connectivity index (χ3v) is 1.80. The normalized spacial score (nSPS) is 12.2. The van der Waals surface area contributed by atoms with Crippen molar-refractivity contribution in [3.05, 3.63) is 36.2 Å². The molecule has 0 bridgehead atoms. The molecule has 0 aliphatic heterocycles. The molecule has 2 aromatic heterocycles. The number of oxime groups is 1. The van der Waals surface area contributed by atoms with E-state index in [0.29, 0.717) is 5.56 Å². The van der Waals surface area contributed by atoms with Gasteiger partial charge in [0.2, 0.25) is 0 Å². The summed E-state index contributed by atoms with van der Waals surface area (Å²) >= 11 is 0. The molecule has 0 saturated heterocycles. The fourth-order valence-electron chi connectivity index (χ4n) is 1.14. The summed E-state index contributed by atoms with van der Waals surface area (Å²) < 4.78 is 1.70. The van der Waals surface area contributed by atoms with Crippen LogP contribution in [0, 0.1) is 0 Å². The van der Waals surface area contributed by atoms with E-state index in [1.54, 1.807) is 29.0 Å². The smallest absolute Gasteiger partial charge is 0.170 e. The molecule has 0 spiro atoms. The van der Waals surface area contributed by atoms with Gasteiger partial charge in [0, 0.05) is 18.0 Å². The molecule has 5 heteroatoms. The minimum Gasteiger partial charge on any atom is -0.409 e. The molecule has 0 aliphatic rings. The Kier molecular flexibility index (Phi) is 1.63. The number of nitrogens with zero attached hydrogens (tertiary/aromatic N) is 3. The highest BCUT2D eigenvalue weighted by Crippen LogP contribution is 2.05. The van der Waals surface area contributed by atoms with Gasteiger partial charge in [0.1, 0.15) is 0 Å². The molecule has 3 N–H and O–H groups in total. The van der Waals surface area contributed by atoms with Crippen molar-refractivity contribution in [2.24, 2.45) is 10.9 Å². The van der Waals surface area contributed by atoms with Crippen molar-refractivity contribution in [2.75, 3.05) is 0 Å². The van der Waals surface area contributed by atoms with E-state index in [0.717, 1.165) is 5.52 Å². The molecule has 0 unspecified atom stereocenters. The average molecular weight is 176 g/mol. The van der Waals surface area contributed by atoms with Crippen LogP contribution >= 0.6 is 0 Å². The minimum atomic E-state index is 0.101. The number of fused-ring (bicyclic) bond motifs is 1. The Labute approximate surface area is 74.1 Å². The first-order valence-electron chi connectivity index (χ1n) is 3.72. The number of aromatic nitrogens is 2. The van der Waals surface area contributed by atoms with Gasteiger partial charge in [-0.2, -0.15) is 5.10 Å². The summed E-state index contributed by atoms with van der Waals surface area (Å²) in [5.41, 5.74) is 7.01. The van der Waals surface area contributed by atoms with Gasteiger partial charge in [-0.1, -0.05) is 5.16 Å². The molecule has 0 aliphatic carbocycles. The number of nitrogens with two attached hydrogens (primary N) is 1. The predicted octanol–water partition coefficient (Wildman–Crippen LogP) is 0.429. The van der Waals surface area contributed by atoms with E-state index in [1.165, 1.54) is 0 Å². The molecule has 0 saturated carbocycles. The Morgan fingerprint density at radius 1 is 1.54 bits per heavy atom. The van der Waals surface area contributed by atoms with Crippen molar-refractivity contribution in [1.29, 1.82) is 0 Å². The summed E-state index contributed by atoms with van der Waals surface area (Å²) in [6, 6.07) is 5.37. The molecule has 66 valence electrons. The first-order valence-corrected chi connectivity index (χ1v) is 3.72. The van der Waals surface area contributed by atoms with E-state index < -0.39 is 0 Å². The lowest BCUT2D eigenvalue weighted by Crippen LogP contribution is -2.13. The second kappa shape index (κ2) is 2.78. The highest BCUT2D eigenvalue weighted by Gasteiger charge is 2.00. The van der Waals surface area contributed by atoms with Crippen LogP contribution in [0.5, 0.6) is 0 Å². The van der Waals surface area contributed by atoms with Crippen LogP contribution in [0.2, 0.25) is 0 Å². The number of rotatable bonds is 1. The summed E-state index contributed by atoms with van der Waals surface area (Å²) in [7, 11) is 0. The first-order chi connectivity index (χ1) is 6.31. The molecule has 2 aromatic rings. The predicted molar refractivity (Wildman–Crippen MR) is 47.7 cm³/mol. The van der Waals surface area contributed by atoms with E-state index in [9.17, 15) is 0 Å². The third-order valence-electron chi connectivity index (χ3n) is 1.80. The van der Waals surface area contributed by atoms with Crippen molar-refractivity contribution in [2.45, 2.75) is 0 Å². The Balaban J connectivity index is 2.60. The van der Waals surface area contributed by atoms with Crippen LogP contribution in [-0.4, -0.2) is 20.7 Å². The topological polar surface area (TPSA) is 75.9 Å². The van der Waals surface area contributed by atoms with Crippen molar-refractivity contribution >= 4 is 11.4 Å². The third kappa shape index (κ3) is 1.20. The molecular formula is C8H8N4O. The number of hydrogen-bond donors (Lipinski definition) is 2. The lowest BCUT2D eigenvalue weighted by atomic mass is 10.2. The van der Waals surface area contributed by atoms with Crippen LogP contribution in [0.25, 0.3) is 5.52 Å². The SMILES string of the molecule is N/C(=N/O)c1ccn2nccc2c1. The molecule has 5 nitrogen and oxygen atoms in total. The summed E-state index contributed by atoms with van der Waals surface area (Å²) in [4.78, 5) is 0. The van der Waals surface area contributed by atoms with Crippen molar-refractivity contribution in [3.63, 3.8) is 0 Å². The summed E-state index contributed by atoms with van der Waals surface area (Å²) in [6.45, 7) is 0. The van der Waals surface area contributed by atoms with Gasteiger partial charge in [0.05, 0.1) is 5.52 Å². The van der Waals surface area contributed by atoms with Gasteiger partial charge in [0.25, 0.3) is 0 Å². The van der Waals surface area contributed by atoms with Gasteiger partial charge in [-0.3, -0.25) is 0 Å². The fourth-order valence-corrected chi connectivity index (χ4v) is 1.14. The van der Waals surface area contributed by atoms with Crippen LogP contribution < -0.4 is 5.73 Å². The van der Waals surface area contributed by atoms with Crippen LogP contribution in [0.15, 0.2) is 35.7 Å². The van der Waals surface area contributed by atoms with E-state index in [1.807, 2.05) is 6.07 Å². The maximum Gasteiger partial charge on any atom is 0.170 e. The molecule has 2 rings (SSSR count). The molecule has 2 heterocycles. The van der Waals surface area contributed by atoms with Gasteiger partial charge in [-0.05, 0) is 18.2 Å². The Hall–Kier alpha value is -2.04. The van der Waals surface area contributed by atoms with Gasteiger partial charge >= 0.3 is 0 Å². The molecule has 0 amide bonds. The van der Waals surface area contributed by atoms with E-state index in [2.05, 4.69) is 10.3 Å². The van der Waals surface area contributed by atoms with E-state index in [4.69, 9.17) is 10.9 Å². The van der Waals surface area contributed by atoms with Crippen LogP contribution in [0.4, 0.5) is 0 Å². The Bertz CT molecular complexity index is 460. The van der Waals surface area contributed by atoms with Gasteiger partial charge in [-0.15, -0.1) is 0 Å². The standard InChI is InChI=1S/C8H8N4O/c9-8(11-13)6-2-4-12-7(5-6)1-3-10-12/h1-5,13H,(H2,9,11). The average Bonchev–Trinajstić information content (AvgIpc) is 2.63. The Morgan fingerprint density at radius 2 is 2.38 bits per heavy atom. The maximum atomic E-state index is 8.45. The van der Waals surface area contributed by atoms with Crippen LogP contribution in [0.1, 0.15) is 5.56 Å².